The molecule has 1 saturated heterocycles. The number of aromatic nitrogens is 1. The minimum Gasteiger partial charge on any atom is -0.369 e. The van der Waals surface area contributed by atoms with Gasteiger partial charge in [-0.3, -0.25) is 4.79 Å². The van der Waals surface area contributed by atoms with Gasteiger partial charge in [0, 0.05) is 23.3 Å². The molecule has 2 N–H and O–H groups in total. The van der Waals surface area contributed by atoms with Crippen LogP contribution in [0, 0.1) is 12.8 Å². The molecule has 4 nitrogen and oxygen atoms in total. The Hall–Kier alpha value is -1.10. The van der Waals surface area contributed by atoms with Crippen molar-refractivity contribution < 1.29 is 4.79 Å². The Balaban J connectivity index is 2.26. The molecule has 0 radical (unpaired) electrons. The molecule has 1 aromatic rings. The molecule has 18 heavy (non-hydrogen) atoms. The normalized spacial score (nSPS) is 24.1. The number of piperidine rings is 1. The summed E-state index contributed by atoms with van der Waals surface area (Å²) in [5.74, 6) is 0.685. The van der Waals surface area contributed by atoms with Crippen molar-refractivity contribution in [1.29, 1.82) is 0 Å². The van der Waals surface area contributed by atoms with Gasteiger partial charge in [0.2, 0.25) is 5.91 Å². The Morgan fingerprint density at radius 2 is 2.28 bits per heavy atom. The van der Waals surface area contributed by atoms with Crippen molar-refractivity contribution in [2.45, 2.75) is 32.7 Å². The average molecular weight is 312 g/mol. The number of hydrogen-bond donors (Lipinski definition) is 1. The smallest absolute Gasteiger partial charge is 0.222 e. The van der Waals surface area contributed by atoms with Crippen molar-refractivity contribution in [3.8, 4) is 0 Å². The fourth-order valence-corrected chi connectivity index (χ4v) is 2.91. The predicted molar refractivity (Wildman–Crippen MR) is 75.4 cm³/mol. The zero-order valence-electron chi connectivity index (χ0n) is 10.7. The Bertz CT molecular complexity index is 464. The summed E-state index contributed by atoms with van der Waals surface area (Å²) in [6, 6.07) is 2.44. The van der Waals surface area contributed by atoms with E-state index in [0.29, 0.717) is 12.6 Å². The van der Waals surface area contributed by atoms with Gasteiger partial charge in [-0.15, -0.1) is 0 Å². The molecular formula is C13H18BrN3O. The quantitative estimate of drug-likeness (QED) is 0.911. The summed E-state index contributed by atoms with van der Waals surface area (Å²) in [4.78, 5) is 18.0. The standard InChI is InChI=1S/C13H18BrN3O/c1-8-5-11(14)6-16-13(8)17-7-10(12(15)18)4-3-9(17)2/h5-6,9-10H,3-4,7H2,1-2H3,(H2,15,18). The molecule has 0 bridgehead atoms. The lowest BCUT2D eigenvalue weighted by Gasteiger charge is -2.38. The molecule has 2 heterocycles. The molecule has 98 valence electrons. The number of aryl methyl sites for hydroxylation is 1. The molecule has 0 aliphatic carbocycles. The Kier molecular flexibility index (Phi) is 3.90. The van der Waals surface area contributed by atoms with E-state index in [1.165, 1.54) is 0 Å². The number of rotatable bonds is 2. The number of nitrogens with two attached hydrogens (primary N) is 1. The van der Waals surface area contributed by atoms with Gasteiger partial charge >= 0.3 is 0 Å². The van der Waals surface area contributed by atoms with Crippen molar-refractivity contribution in [2.75, 3.05) is 11.4 Å². The first-order chi connectivity index (χ1) is 8.49. The average Bonchev–Trinajstić information content (AvgIpc) is 2.30. The van der Waals surface area contributed by atoms with Gasteiger partial charge in [-0.25, -0.2) is 4.98 Å². The first kappa shape index (κ1) is 13.3. The van der Waals surface area contributed by atoms with E-state index in [1.807, 2.05) is 13.0 Å². The van der Waals surface area contributed by atoms with E-state index in [4.69, 9.17) is 5.73 Å². The first-order valence-electron chi connectivity index (χ1n) is 6.17. The van der Waals surface area contributed by atoms with E-state index in [1.54, 1.807) is 6.20 Å². The molecule has 5 heteroatoms. The molecule has 2 atom stereocenters. The largest absolute Gasteiger partial charge is 0.369 e. The first-order valence-corrected chi connectivity index (χ1v) is 6.96. The molecule has 0 aromatic carbocycles. The van der Waals surface area contributed by atoms with E-state index in [9.17, 15) is 4.79 Å². The monoisotopic (exact) mass is 311 g/mol. The summed E-state index contributed by atoms with van der Waals surface area (Å²) in [5, 5.41) is 0. The van der Waals surface area contributed by atoms with Crippen molar-refractivity contribution in [2.24, 2.45) is 11.7 Å². The highest BCUT2D eigenvalue weighted by atomic mass is 79.9. The maximum atomic E-state index is 11.3. The molecule has 1 aromatic heterocycles. The highest BCUT2D eigenvalue weighted by Gasteiger charge is 2.30. The number of carbonyl (C=O) groups is 1. The van der Waals surface area contributed by atoms with Gasteiger partial charge in [-0.05, 0) is 54.2 Å². The van der Waals surface area contributed by atoms with Crippen LogP contribution in [0.3, 0.4) is 0 Å². The summed E-state index contributed by atoms with van der Waals surface area (Å²) < 4.78 is 0.972. The number of amides is 1. The Morgan fingerprint density at radius 3 is 2.89 bits per heavy atom. The van der Waals surface area contributed by atoms with Crippen LogP contribution >= 0.6 is 15.9 Å². The second-order valence-electron chi connectivity index (χ2n) is 4.97. The third-order valence-corrected chi connectivity index (χ3v) is 4.01. The summed E-state index contributed by atoms with van der Waals surface area (Å²) in [6.07, 6.45) is 3.65. The van der Waals surface area contributed by atoms with Crippen LogP contribution in [0.5, 0.6) is 0 Å². The lowest BCUT2D eigenvalue weighted by molar-refractivity contribution is -0.122. The van der Waals surface area contributed by atoms with Crippen molar-refractivity contribution in [1.82, 2.24) is 4.98 Å². The van der Waals surface area contributed by atoms with Crippen molar-refractivity contribution in [3.05, 3.63) is 22.3 Å². The molecular weight excluding hydrogens is 294 g/mol. The molecule has 2 unspecified atom stereocenters. The van der Waals surface area contributed by atoms with Crippen molar-refractivity contribution in [3.63, 3.8) is 0 Å². The summed E-state index contributed by atoms with van der Waals surface area (Å²) in [7, 11) is 0. The second-order valence-corrected chi connectivity index (χ2v) is 5.89. The van der Waals surface area contributed by atoms with E-state index >= 15 is 0 Å². The number of halogens is 1. The minimum absolute atomic E-state index is 0.0638. The lowest BCUT2D eigenvalue weighted by atomic mass is 9.92. The summed E-state index contributed by atoms with van der Waals surface area (Å²) in [6.45, 7) is 4.88. The lowest BCUT2D eigenvalue weighted by Crippen LogP contribution is -2.46. The van der Waals surface area contributed by atoms with Crippen LogP contribution in [-0.4, -0.2) is 23.5 Å². The number of anilines is 1. The molecule has 1 aliphatic rings. The predicted octanol–water partition coefficient (Wildman–Crippen LogP) is 2.24. The van der Waals surface area contributed by atoms with Gasteiger partial charge in [-0.1, -0.05) is 0 Å². The molecule has 1 aliphatic heterocycles. The number of carbonyl (C=O) groups excluding carboxylic acids is 1. The van der Waals surface area contributed by atoms with Crippen LogP contribution in [0.2, 0.25) is 0 Å². The van der Waals surface area contributed by atoms with Crippen LogP contribution in [0.25, 0.3) is 0 Å². The van der Waals surface area contributed by atoms with Gasteiger partial charge < -0.3 is 10.6 Å². The van der Waals surface area contributed by atoms with Crippen molar-refractivity contribution >= 4 is 27.7 Å². The number of hydrogen-bond acceptors (Lipinski definition) is 3. The Morgan fingerprint density at radius 1 is 1.56 bits per heavy atom. The zero-order chi connectivity index (χ0) is 13.3. The summed E-state index contributed by atoms with van der Waals surface area (Å²) in [5.41, 5.74) is 6.53. The van der Waals surface area contributed by atoms with Crippen LogP contribution in [0.4, 0.5) is 5.82 Å². The SMILES string of the molecule is Cc1cc(Br)cnc1N1CC(C(N)=O)CCC1C. The maximum absolute atomic E-state index is 11.3. The van der Waals surface area contributed by atoms with Gasteiger partial charge in [0.05, 0.1) is 5.92 Å². The number of pyridine rings is 1. The van der Waals surface area contributed by atoms with Crippen LogP contribution < -0.4 is 10.6 Å². The number of primary amides is 1. The summed E-state index contributed by atoms with van der Waals surface area (Å²) >= 11 is 3.42. The third-order valence-electron chi connectivity index (χ3n) is 3.57. The molecule has 0 saturated carbocycles. The molecule has 2 rings (SSSR count). The molecule has 0 spiro atoms. The maximum Gasteiger partial charge on any atom is 0.222 e. The fourth-order valence-electron chi connectivity index (χ4n) is 2.47. The van der Waals surface area contributed by atoms with E-state index in [2.05, 4.69) is 32.7 Å². The van der Waals surface area contributed by atoms with Gasteiger partial charge in [-0.2, -0.15) is 0 Å². The van der Waals surface area contributed by atoms with E-state index < -0.39 is 0 Å². The van der Waals surface area contributed by atoms with E-state index in [0.717, 1.165) is 28.7 Å². The highest BCUT2D eigenvalue weighted by Crippen LogP contribution is 2.29. The third kappa shape index (κ3) is 2.66. The molecule has 1 amide bonds. The van der Waals surface area contributed by atoms with Gasteiger partial charge in [0.25, 0.3) is 0 Å². The zero-order valence-corrected chi connectivity index (χ0v) is 12.3. The Labute approximate surface area is 116 Å². The van der Waals surface area contributed by atoms with Crippen LogP contribution in [-0.2, 0) is 4.79 Å². The highest BCUT2D eigenvalue weighted by molar-refractivity contribution is 9.10. The van der Waals surface area contributed by atoms with E-state index in [-0.39, 0.29) is 11.8 Å². The fraction of sp³-hybridized carbons (Fsp3) is 0.538. The minimum atomic E-state index is -0.207. The molecule has 1 fully saturated rings. The second kappa shape index (κ2) is 5.26. The van der Waals surface area contributed by atoms with Gasteiger partial charge in [0.15, 0.2) is 0 Å². The van der Waals surface area contributed by atoms with Crippen LogP contribution in [0.15, 0.2) is 16.7 Å². The van der Waals surface area contributed by atoms with Gasteiger partial charge in [0.1, 0.15) is 5.82 Å². The topological polar surface area (TPSA) is 59.2 Å². The van der Waals surface area contributed by atoms with Crippen LogP contribution in [0.1, 0.15) is 25.3 Å². The number of nitrogens with zero attached hydrogens (tertiary/aromatic N) is 2.